The number of amides is 1. The van der Waals surface area contributed by atoms with Crippen LogP contribution in [0.4, 0.5) is 5.69 Å². The molecule has 0 aliphatic rings. The summed E-state index contributed by atoms with van der Waals surface area (Å²) in [5.41, 5.74) is 6.65. The Morgan fingerprint density at radius 1 is 1.03 bits per heavy atom. The number of methoxy groups -OCH3 is 1. The molecular weight excluding hydrogens is 492 g/mol. The summed E-state index contributed by atoms with van der Waals surface area (Å²) in [6.45, 7) is 8.34. The molecular formula is C28H27BrN2O3. The Hall–Kier alpha value is -3.56. The van der Waals surface area contributed by atoms with Crippen molar-refractivity contribution in [3.05, 3.63) is 92.0 Å². The minimum absolute atomic E-state index is 0.0150. The molecule has 0 aliphatic heterocycles. The fourth-order valence-corrected chi connectivity index (χ4v) is 4.22. The lowest BCUT2D eigenvalue weighted by atomic mass is 10.1. The van der Waals surface area contributed by atoms with Crippen molar-refractivity contribution >= 4 is 33.6 Å². The number of nitrogens with zero attached hydrogens (tertiary/aromatic N) is 1. The van der Waals surface area contributed by atoms with Crippen LogP contribution in [-0.2, 0) is 11.4 Å². The van der Waals surface area contributed by atoms with Crippen molar-refractivity contribution in [3.63, 3.8) is 0 Å². The molecule has 0 heterocycles. The van der Waals surface area contributed by atoms with Gasteiger partial charge in [0, 0.05) is 5.69 Å². The molecule has 0 bridgehead atoms. The van der Waals surface area contributed by atoms with E-state index in [1.54, 1.807) is 19.2 Å². The first kappa shape index (κ1) is 25.1. The van der Waals surface area contributed by atoms with Crippen molar-refractivity contribution in [2.45, 2.75) is 34.3 Å². The third-order valence-corrected chi connectivity index (χ3v) is 5.82. The molecule has 0 spiro atoms. The summed E-state index contributed by atoms with van der Waals surface area (Å²) in [6.07, 6.45) is 1.53. The Morgan fingerprint density at radius 3 is 2.38 bits per heavy atom. The maximum atomic E-state index is 12.8. The summed E-state index contributed by atoms with van der Waals surface area (Å²) in [4.78, 5) is 12.8. The van der Waals surface area contributed by atoms with Crippen LogP contribution in [0.25, 0.3) is 6.08 Å². The number of hydrogen-bond acceptors (Lipinski definition) is 4. The number of ether oxygens (including phenoxy) is 2. The lowest BCUT2D eigenvalue weighted by Gasteiger charge is -2.14. The Bertz CT molecular complexity index is 1290. The lowest BCUT2D eigenvalue weighted by Crippen LogP contribution is -2.14. The third-order valence-electron chi connectivity index (χ3n) is 5.23. The molecule has 0 unspecified atom stereocenters. The first-order chi connectivity index (χ1) is 16.2. The van der Waals surface area contributed by atoms with E-state index in [1.165, 1.54) is 17.2 Å². The van der Waals surface area contributed by atoms with Gasteiger partial charge in [0.25, 0.3) is 5.91 Å². The first-order valence-corrected chi connectivity index (χ1v) is 11.6. The van der Waals surface area contributed by atoms with Gasteiger partial charge in [-0.15, -0.1) is 0 Å². The number of halogens is 1. The molecule has 0 aliphatic carbocycles. The zero-order chi connectivity index (χ0) is 24.8. The minimum Gasteiger partial charge on any atom is -0.493 e. The van der Waals surface area contributed by atoms with E-state index in [2.05, 4.69) is 53.3 Å². The molecule has 0 atom stereocenters. The zero-order valence-corrected chi connectivity index (χ0v) is 21.5. The highest BCUT2D eigenvalue weighted by atomic mass is 79.9. The van der Waals surface area contributed by atoms with Crippen molar-refractivity contribution in [1.82, 2.24) is 0 Å². The normalized spacial score (nSPS) is 11.0. The Labute approximate surface area is 209 Å². The molecule has 1 amide bonds. The largest absolute Gasteiger partial charge is 0.493 e. The standard InChI is InChI=1S/C28H27BrN2O3/c1-17-6-7-20(4)25(11-17)31-28(32)23(15-30)12-21-13-24(29)27(26(14-21)33-5)34-16-22-9-18(2)8-19(3)10-22/h6-14H,16H2,1-5H3,(H,31,32)/b23-12+. The second kappa shape index (κ2) is 11.0. The second-order valence-electron chi connectivity index (χ2n) is 8.26. The van der Waals surface area contributed by atoms with Gasteiger partial charge in [-0.2, -0.15) is 5.26 Å². The van der Waals surface area contributed by atoms with E-state index in [0.717, 1.165) is 16.7 Å². The summed E-state index contributed by atoms with van der Waals surface area (Å²) >= 11 is 3.54. The van der Waals surface area contributed by atoms with Gasteiger partial charge in [-0.1, -0.05) is 41.5 Å². The van der Waals surface area contributed by atoms with Crippen LogP contribution in [0.2, 0.25) is 0 Å². The van der Waals surface area contributed by atoms with Crippen molar-refractivity contribution in [2.24, 2.45) is 0 Å². The molecule has 0 saturated heterocycles. The Kier molecular flexibility index (Phi) is 8.14. The highest BCUT2D eigenvalue weighted by Crippen LogP contribution is 2.38. The fraction of sp³-hybridized carbons (Fsp3) is 0.214. The van der Waals surface area contributed by atoms with E-state index < -0.39 is 5.91 Å². The van der Waals surface area contributed by atoms with E-state index in [1.807, 2.05) is 38.1 Å². The van der Waals surface area contributed by atoms with Gasteiger partial charge in [0.2, 0.25) is 0 Å². The number of rotatable bonds is 7. The monoisotopic (exact) mass is 518 g/mol. The number of benzene rings is 3. The number of nitriles is 1. The fourth-order valence-electron chi connectivity index (χ4n) is 3.65. The van der Waals surface area contributed by atoms with E-state index in [0.29, 0.717) is 33.8 Å². The molecule has 0 saturated carbocycles. The number of carbonyl (C=O) groups excluding carboxylic acids is 1. The van der Waals surface area contributed by atoms with Gasteiger partial charge in [0.1, 0.15) is 18.2 Å². The summed E-state index contributed by atoms with van der Waals surface area (Å²) in [6, 6.07) is 17.6. The molecule has 174 valence electrons. The van der Waals surface area contributed by atoms with Crippen molar-refractivity contribution in [1.29, 1.82) is 5.26 Å². The van der Waals surface area contributed by atoms with Crippen LogP contribution in [0.15, 0.2) is 58.6 Å². The number of nitrogens with one attached hydrogen (secondary N) is 1. The SMILES string of the molecule is COc1cc(/C=C(\C#N)C(=O)Nc2cc(C)ccc2C)cc(Br)c1OCc1cc(C)cc(C)c1. The van der Waals surface area contributed by atoms with E-state index in [9.17, 15) is 10.1 Å². The molecule has 0 radical (unpaired) electrons. The van der Waals surface area contributed by atoms with Gasteiger partial charge in [-0.05, 0) is 90.2 Å². The third kappa shape index (κ3) is 6.27. The summed E-state index contributed by atoms with van der Waals surface area (Å²) in [5, 5.41) is 12.4. The summed E-state index contributed by atoms with van der Waals surface area (Å²) in [7, 11) is 1.55. The summed E-state index contributed by atoms with van der Waals surface area (Å²) in [5.74, 6) is 0.579. The summed E-state index contributed by atoms with van der Waals surface area (Å²) < 4.78 is 12.3. The average Bonchev–Trinajstić information content (AvgIpc) is 2.78. The highest BCUT2D eigenvalue weighted by Gasteiger charge is 2.15. The van der Waals surface area contributed by atoms with Gasteiger partial charge < -0.3 is 14.8 Å². The van der Waals surface area contributed by atoms with Crippen molar-refractivity contribution in [2.75, 3.05) is 12.4 Å². The van der Waals surface area contributed by atoms with Gasteiger partial charge in [0.05, 0.1) is 11.6 Å². The Balaban J connectivity index is 1.84. The quantitative estimate of drug-likeness (QED) is 0.275. The zero-order valence-electron chi connectivity index (χ0n) is 20.0. The number of aryl methyl sites for hydroxylation is 4. The van der Waals surface area contributed by atoms with E-state index >= 15 is 0 Å². The van der Waals surface area contributed by atoms with Crippen LogP contribution in [0.3, 0.4) is 0 Å². The van der Waals surface area contributed by atoms with Gasteiger partial charge in [-0.3, -0.25) is 4.79 Å². The predicted molar refractivity (Wildman–Crippen MR) is 139 cm³/mol. The lowest BCUT2D eigenvalue weighted by molar-refractivity contribution is -0.112. The molecule has 0 aromatic heterocycles. The van der Waals surface area contributed by atoms with Gasteiger partial charge in [0.15, 0.2) is 11.5 Å². The van der Waals surface area contributed by atoms with Crippen molar-refractivity contribution in [3.8, 4) is 17.6 Å². The topological polar surface area (TPSA) is 71.3 Å². The van der Waals surface area contributed by atoms with Gasteiger partial charge in [-0.25, -0.2) is 0 Å². The molecule has 34 heavy (non-hydrogen) atoms. The number of anilines is 1. The molecule has 5 nitrogen and oxygen atoms in total. The van der Waals surface area contributed by atoms with E-state index in [-0.39, 0.29) is 5.57 Å². The molecule has 6 heteroatoms. The maximum absolute atomic E-state index is 12.8. The molecule has 3 aromatic carbocycles. The van der Waals surface area contributed by atoms with Crippen molar-refractivity contribution < 1.29 is 14.3 Å². The smallest absolute Gasteiger partial charge is 0.266 e. The van der Waals surface area contributed by atoms with Gasteiger partial charge >= 0.3 is 0 Å². The first-order valence-electron chi connectivity index (χ1n) is 10.8. The van der Waals surface area contributed by atoms with Crippen LogP contribution in [0.1, 0.15) is 33.4 Å². The molecule has 1 N–H and O–H groups in total. The molecule has 3 rings (SSSR count). The van der Waals surface area contributed by atoms with Crippen LogP contribution >= 0.6 is 15.9 Å². The number of carbonyl (C=O) groups is 1. The average molecular weight is 519 g/mol. The molecule has 3 aromatic rings. The van der Waals surface area contributed by atoms with E-state index in [4.69, 9.17) is 9.47 Å². The molecule has 0 fully saturated rings. The number of hydrogen-bond donors (Lipinski definition) is 1. The highest BCUT2D eigenvalue weighted by molar-refractivity contribution is 9.10. The van der Waals surface area contributed by atoms with Crippen LogP contribution < -0.4 is 14.8 Å². The minimum atomic E-state index is -0.471. The van der Waals surface area contributed by atoms with Crippen LogP contribution in [-0.4, -0.2) is 13.0 Å². The van der Waals surface area contributed by atoms with Crippen LogP contribution in [0.5, 0.6) is 11.5 Å². The van der Waals surface area contributed by atoms with Crippen LogP contribution in [0, 0.1) is 39.0 Å². The maximum Gasteiger partial charge on any atom is 0.266 e. The second-order valence-corrected chi connectivity index (χ2v) is 9.12. The Morgan fingerprint density at radius 2 is 1.74 bits per heavy atom. The predicted octanol–water partition coefficient (Wildman–Crippen LogP) is 6.82.